The largest absolute Gasteiger partial charge is 0.416 e. The summed E-state index contributed by atoms with van der Waals surface area (Å²) in [6.45, 7) is 0. The lowest BCUT2D eigenvalue weighted by molar-refractivity contribution is -0.138. The standard InChI is InChI=1S/C22H23F6NO5S2/c1-29(35(30,31)19-12-8-17(9-13-19)22(26,27)28)18-10-4-15(5-11-18)20(36(32,33)34)14-2-6-16(7-3-14)21(23,24)25/h2-3,6-9,12-13,15,18,20H,4-5,10-11H2,1H3,(H,32,33,34). The third-order valence-electron chi connectivity index (χ3n) is 6.43. The van der Waals surface area contributed by atoms with E-state index in [0.29, 0.717) is 12.1 Å². The quantitative estimate of drug-likeness (QED) is 0.371. The van der Waals surface area contributed by atoms with Crippen molar-refractivity contribution in [1.29, 1.82) is 0 Å². The van der Waals surface area contributed by atoms with E-state index in [1.807, 2.05) is 0 Å². The van der Waals surface area contributed by atoms with Gasteiger partial charge < -0.3 is 0 Å². The minimum absolute atomic E-state index is 0.0142. The summed E-state index contributed by atoms with van der Waals surface area (Å²) in [4.78, 5) is -0.333. The Kier molecular flexibility index (Phi) is 7.85. The fraction of sp³-hybridized carbons (Fsp3) is 0.455. The zero-order chi connectivity index (χ0) is 27.1. The lowest BCUT2D eigenvalue weighted by atomic mass is 9.82. The minimum atomic E-state index is -4.70. The van der Waals surface area contributed by atoms with Gasteiger partial charge in [0.25, 0.3) is 10.1 Å². The molecular formula is C22H23F6NO5S2. The molecule has 1 aliphatic rings. The van der Waals surface area contributed by atoms with Gasteiger partial charge in [-0.3, -0.25) is 4.55 Å². The zero-order valence-electron chi connectivity index (χ0n) is 18.8. The van der Waals surface area contributed by atoms with Gasteiger partial charge in [0.15, 0.2) is 0 Å². The van der Waals surface area contributed by atoms with Crippen molar-refractivity contribution < 1.29 is 47.7 Å². The second-order valence-corrected chi connectivity index (χ2v) is 12.2. The number of alkyl halides is 6. The van der Waals surface area contributed by atoms with Crippen molar-refractivity contribution in [1.82, 2.24) is 4.31 Å². The van der Waals surface area contributed by atoms with Crippen molar-refractivity contribution in [2.24, 2.45) is 5.92 Å². The van der Waals surface area contributed by atoms with Crippen LogP contribution in [-0.4, -0.2) is 38.8 Å². The first-order chi connectivity index (χ1) is 16.4. The van der Waals surface area contributed by atoms with E-state index < -0.39 is 60.8 Å². The normalized spacial score (nSPS) is 20.9. The molecule has 1 fully saturated rings. The summed E-state index contributed by atoms with van der Waals surface area (Å²) in [5.74, 6) is -0.685. The molecule has 0 radical (unpaired) electrons. The molecular weight excluding hydrogens is 536 g/mol. The summed E-state index contributed by atoms with van der Waals surface area (Å²) in [7, 11) is -7.57. The third-order valence-corrected chi connectivity index (χ3v) is 9.65. The molecule has 0 saturated heterocycles. The SMILES string of the molecule is CN(C1CCC(C(c2ccc(C(F)(F)F)cc2)S(=O)(=O)O)CC1)S(=O)(=O)c1ccc(C(F)(F)F)cc1. The van der Waals surface area contributed by atoms with E-state index in [4.69, 9.17) is 0 Å². The van der Waals surface area contributed by atoms with Gasteiger partial charge in [0, 0.05) is 13.1 Å². The van der Waals surface area contributed by atoms with Crippen molar-refractivity contribution >= 4 is 20.1 Å². The van der Waals surface area contributed by atoms with Crippen LogP contribution in [0.25, 0.3) is 0 Å². The van der Waals surface area contributed by atoms with E-state index in [2.05, 4.69) is 0 Å². The number of nitrogens with zero attached hydrogens (tertiary/aromatic N) is 1. The van der Waals surface area contributed by atoms with E-state index in [0.717, 1.165) is 40.7 Å². The Morgan fingerprint density at radius 1 is 0.778 bits per heavy atom. The Hall–Kier alpha value is -2.16. The van der Waals surface area contributed by atoms with Crippen molar-refractivity contribution in [3.63, 3.8) is 0 Å². The number of hydrogen-bond acceptors (Lipinski definition) is 4. The van der Waals surface area contributed by atoms with E-state index in [1.165, 1.54) is 7.05 Å². The number of benzene rings is 2. The first kappa shape index (κ1) is 28.4. The Morgan fingerprint density at radius 2 is 1.19 bits per heavy atom. The molecule has 14 heteroatoms. The molecule has 1 saturated carbocycles. The molecule has 0 aromatic heterocycles. The van der Waals surface area contributed by atoms with Crippen LogP contribution >= 0.6 is 0 Å². The van der Waals surface area contributed by atoms with Crippen LogP contribution in [0.3, 0.4) is 0 Å². The predicted octanol–water partition coefficient (Wildman–Crippen LogP) is 5.53. The molecule has 0 aliphatic heterocycles. The lowest BCUT2D eigenvalue weighted by Crippen LogP contribution is -2.40. The maximum atomic E-state index is 12.9. The van der Waals surface area contributed by atoms with E-state index in [-0.39, 0.29) is 36.1 Å². The predicted molar refractivity (Wildman–Crippen MR) is 118 cm³/mol. The lowest BCUT2D eigenvalue weighted by Gasteiger charge is -2.36. The fourth-order valence-electron chi connectivity index (χ4n) is 4.50. The Bertz CT molecular complexity index is 1270. The molecule has 3 rings (SSSR count). The highest BCUT2D eigenvalue weighted by atomic mass is 32.2. The first-order valence-corrected chi connectivity index (χ1v) is 13.7. The molecule has 0 amide bonds. The molecule has 1 unspecified atom stereocenters. The number of sulfonamides is 1. The molecule has 1 N–H and O–H groups in total. The average Bonchev–Trinajstić information content (AvgIpc) is 2.77. The zero-order valence-corrected chi connectivity index (χ0v) is 20.4. The van der Waals surface area contributed by atoms with Crippen LogP contribution in [-0.2, 0) is 32.5 Å². The average molecular weight is 560 g/mol. The maximum Gasteiger partial charge on any atom is 0.416 e. The molecule has 2 aromatic carbocycles. The molecule has 0 heterocycles. The second-order valence-electron chi connectivity index (χ2n) is 8.67. The van der Waals surface area contributed by atoms with Gasteiger partial charge in [0.1, 0.15) is 5.25 Å². The topological polar surface area (TPSA) is 91.8 Å². The first-order valence-electron chi connectivity index (χ1n) is 10.7. The Morgan fingerprint density at radius 3 is 1.58 bits per heavy atom. The van der Waals surface area contributed by atoms with Crippen LogP contribution in [0.2, 0.25) is 0 Å². The van der Waals surface area contributed by atoms with Crippen LogP contribution < -0.4 is 0 Å². The number of rotatable bonds is 6. The smallest absolute Gasteiger partial charge is 0.285 e. The van der Waals surface area contributed by atoms with Gasteiger partial charge in [-0.05, 0) is 73.6 Å². The molecule has 0 bridgehead atoms. The molecule has 0 spiro atoms. The molecule has 1 atom stereocenters. The van der Waals surface area contributed by atoms with E-state index in [9.17, 15) is 47.7 Å². The van der Waals surface area contributed by atoms with Crippen LogP contribution in [0, 0.1) is 5.92 Å². The number of hydrogen-bond donors (Lipinski definition) is 1. The van der Waals surface area contributed by atoms with Crippen LogP contribution in [0.5, 0.6) is 0 Å². The van der Waals surface area contributed by atoms with Gasteiger partial charge in [-0.25, -0.2) is 8.42 Å². The van der Waals surface area contributed by atoms with Crippen molar-refractivity contribution in [2.45, 2.75) is 54.2 Å². The van der Waals surface area contributed by atoms with Crippen LogP contribution in [0.15, 0.2) is 53.4 Å². The summed E-state index contributed by atoms with van der Waals surface area (Å²) < 4.78 is 138. The maximum absolute atomic E-state index is 12.9. The van der Waals surface area contributed by atoms with Gasteiger partial charge in [0.05, 0.1) is 16.0 Å². The second kappa shape index (κ2) is 9.95. The summed E-state index contributed by atoms with van der Waals surface area (Å²) in [6.07, 6.45) is -8.61. The van der Waals surface area contributed by atoms with E-state index in [1.54, 1.807) is 0 Å². The van der Waals surface area contributed by atoms with Crippen LogP contribution in [0.1, 0.15) is 47.6 Å². The van der Waals surface area contributed by atoms with Crippen molar-refractivity contribution in [3.05, 3.63) is 65.2 Å². The monoisotopic (exact) mass is 559 g/mol. The molecule has 2 aromatic rings. The van der Waals surface area contributed by atoms with Crippen molar-refractivity contribution in [3.8, 4) is 0 Å². The van der Waals surface area contributed by atoms with Gasteiger partial charge in [-0.15, -0.1) is 0 Å². The Balaban J connectivity index is 1.75. The third kappa shape index (κ3) is 6.21. The molecule has 6 nitrogen and oxygen atoms in total. The molecule has 200 valence electrons. The summed E-state index contributed by atoms with van der Waals surface area (Å²) in [5, 5.41) is -1.49. The van der Waals surface area contributed by atoms with Crippen molar-refractivity contribution in [2.75, 3.05) is 7.05 Å². The van der Waals surface area contributed by atoms with Gasteiger partial charge >= 0.3 is 12.4 Å². The summed E-state index contributed by atoms with van der Waals surface area (Å²) in [5.41, 5.74) is -1.98. The highest BCUT2D eigenvalue weighted by molar-refractivity contribution is 7.89. The highest BCUT2D eigenvalue weighted by Crippen LogP contribution is 2.42. The van der Waals surface area contributed by atoms with E-state index >= 15 is 0 Å². The molecule has 1 aliphatic carbocycles. The fourth-order valence-corrected chi connectivity index (χ4v) is 7.17. The van der Waals surface area contributed by atoms with Gasteiger partial charge in [0.2, 0.25) is 10.0 Å². The Labute approximate surface area is 204 Å². The highest BCUT2D eigenvalue weighted by Gasteiger charge is 2.40. The minimum Gasteiger partial charge on any atom is -0.285 e. The number of halogens is 6. The molecule has 36 heavy (non-hydrogen) atoms. The van der Waals surface area contributed by atoms with Crippen LogP contribution in [0.4, 0.5) is 26.3 Å². The summed E-state index contributed by atoms with van der Waals surface area (Å²) in [6, 6.07) is 5.90. The van der Waals surface area contributed by atoms with Gasteiger partial charge in [-0.1, -0.05) is 12.1 Å². The van der Waals surface area contributed by atoms with Gasteiger partial charge in [-0.2, -0.15) is 39.1 Å². The summed E-state index contributed by atoms with van der Waals surface area (Å²) >= 11 is 0.